The number of nitrogens with zero attached hydrogens (tertiary/aromatic N) is 2. The average molecular weight is 307 g/mol. The standard InChI is InChI=1S/C15H21N3O4/c1-10-5-3-4-6-12(10)17-14(19)9-22-13-8-7-11(2)16-15(13)18(20)21/h7-8,10,12H,3-6,9H2,1-2H3,(H,17,19). The molecule has 1 heterocycles. The fourth-order valence-corrected chi connectivity index (χ4v) is 2.70. The van der Waals surface area contributed by atoms with Gasteiger partial charge >= 0.3 is 5.82 Å². The Balaban J connectivity index is 1.92. The van der Waals surface area contributed by atoms with Crippen LogP contribution in [0.1, 0.15) is 38.3 Å². The molecule has 2 unspecified atom stereocenters. The smallest absolute Gasteiger partial charge is 0.406 e. The molecule has 7 nitrogen and oxygen atoms in total. The Morgan fingerprint density at radius 1 is 1.45 bits per heavy atom. The Labute approximate surface area is 129 Å². The van der Waals surface area contributed by atoms with Crippen molar-refractivity contribution in [2.24, 2.45) is 5.92 Å². The highest BCUT2D eigenvalue weighted by Gasteiger charge is 2.24. The van der Waals surface area contributed by atoms with Gasteiger partial charge in [-0.2, -0.15) is 0 Å². The van der Waals surface area contributed by atoms with Gasteiger partial charge in [-0.15, -0.1) is 0 Å². The van der Waals surface area contributed by atoms with Crippen LogP contribution in [0.15, 0.2) is 12.1 Å². The average Bonchev–Trinajstić information content (AvgIpc) is 2.48. The van der Waals surface area contributed by atoms with Gasteiger partial charge in [-0.3, -0.25) is 4.79 Å². The topological polar surface area (TPSA) is 94.4 Å². The number of hydrogen-bond donors (Lipinski definition) is 1. The van der Waals surface area contributed by atoms with E-state index in [4.69, 9.17) is 4.74 Å². The summed E-state index contributed by atoms with van der Waals surface area (Å²) in [6.45, 7) is 3.54. The summed E-state index contributed by atoms with van der Waals surface area (Å²) in [5.41, 5.74) is 0.527. The lowest BCUT2D eigenvalue weighted by molar-refractivity contribution is -0.390. The first-order valence-corrected chi connectivity index (χ1v) is 7.51. The van der Waals surface area contributed by atoms with Crippen LogP contribution in [-0.2, 0) is 4.79 Å². The highest BCUT2D eigenvalue weighted by atomic mass is 16.6. The van der Waals surface area contributed by atoms with E-state index < -0.39 is 4.92 Å². The largest absolute Gasteiger partial charge is 0.476 e. The summed E-state index contributed by atoms with van der Waals surface area (Å²) in [4.78, 5) is 26.1. The van der Waals surface area contributed by atoms with E-state index >= 15 is 0 Å². The lowest BCUT2D eigenvalue weighted by Gasteiger charge is -2.29. The molecule has 2 rings (SSSR count). The van der Waals surface area contributed by atoms with Crippen LogP contribution in [0, 0.1) is 23.0 Å². The summed E-state index contributed by atoms with van der Waals surface area (Å²) in [5.74, 6) is -0.150. The maximum absolute atomic E-state index is 12.0. The molecule has 1 aromatic rings. The number of pyridine rings is 1. The van der Waals surface area contributed by atoms with Crippen LogP contribution >= 0.6 is 0 Å². The molecule has 1 N–H and O–H groups in total. The molecule has 0 spiro atoms. The predicted molar refractivity (Wildman–Crippen MR) is 80.7 cm³/mol. The number of rotatable bonds is 5. The lowest BCUT2D eigenvalue weighted by Crippen LogP contribution is -2.43. The van der Waals surface area contributed by atoms with Crippen molar-refractivity contribution < 1.29 is 14.5 Å². The van der Waals surface area contributed by atoms with Crippen LogP contribution in [0.3, 0.4) is 0 Å². The third-order valence-electron chi connectivity index (χ3n) is 3.97. The molecular weight excluding hydrogens is 286 g/mol. The maximum Gasteiger partial charge on any atom is 0.406 e. The highest BCUT2D eigenvalue weighted by molar-refractivity contribution is 5.78. The van der Waals surface area contributed by atoms with Crippen LogP contribution in [-0.4, -0.2) is 28.5 Å². The molecule has 0 aromatic carbocycles. The number of aromatic nitrogens is 1. The summed E-state index contributed by atoms with van der Waals surface area (Å²) < 4.78 is 5.28. The lowest BCUT2D eigenvalue weighted by atomic mass is 9.86. The number of aryl methyl sites for hydroxylation is 1. The number of carbonyl (C=O) groups is 1. The fourth-order valence-electron chi connectivity index (χ4n) is 2.70. The third kappa shape index (κ3) is 4.16. The number of hydrogen-bond acceptors (Lipinski definition) is 5. The van der Waals surface area contributed by atoms with E-state index in [1.807, 2.05) is 0 Å². The van der Waals surface area contributed by atoms with E-state index in [9.17, 15) is 14.9 Å². The monoisotopic (exact) mass is 307 g/mol. The Morgan fingerprint density at radius 3 is 2.86 bits per heavy atom. The van der Waals surface area contributed by atoms with Crippen molar-refractivity contribution in [2.45, 2.75) is 45.6 Å². The molecule has 1 fully saturated rings. The zero-order valence-electron chi connectivity index (χ0n) is 12.9. The minimum atomic E-state index is -0.608. The summed E-state index contributed by atoms with van der Waals surface area (Å²) in [6, 6.07) is 3.25. The normalized spacial score (nSPS) is 21.2. The Hall–Kier alpha value is -2.18. The quantitative estimate of drug-likeness (QED) is 0.665. The highest BCUT2D eigenvalue weighted by Crippen LogP contribution is 2.25. The van der Waals surface area contributed by atoms with E-state index in [0.717, 1.165) is 19.3 Å². The summed E-state index contributed by atoms with van der Waals surface area (Å²) >= 11 is 0. The van der Waals surface area contributed by atoms with Crippen LogP contribution in [0.4, 0.5) is 5.82 Å². The van der Waals surface area contributed by atoms with Crippen LogP contribution < -0.4 is 10.1 Å². The van der Waals surface area contributed by atoms with Crippen molar-refractivity contribution in [3.63, 3.8) is 0 Å². The number of amides is 1. The Morgan fingerprint density at radius 2 is 2.18 bits per heavy atom. The van der Waals surface area contributed by atoms with Gasteiger partial charge in [0.1, 0.15) is 5.69 Å². The molecule has 1 aliphatic rings. The maximum atomic E-state index is 12.0. The molecule has 1 amide bonds. The van der Waals surface area contributed by atoms with Crippen LogP contribution in [0.25, 0.3) is 0 Å². The first-order valence-electron chi connectivity index (χ1n) is 7.51. The van der Waals surface area contributed by atoms with Gasteiger partial charge in [0.15, 0.2) is 6.61 Å². The molecule has 7 heteroatoms. The SMILES string of the molecule is Cc1ccc(OCC(=O)NC2CCCCC2C)c([N+](=O)[O-])n1. The second kappa shape index (κ2) is 7.20. The molecule has 0 aliphatic heterocycles. The minimum absolute atomic E-state index is 0.0162. The number of nitrogens with one attached hydrogen (secondary N) is 1. The van der Waals surface area contributed by atoms with Crippen LogP contribution in [0.2, 0.25) is 0 Å². The predicted octanol–water partition coefficient (Wildman–Crippen LogP) is 2.37. The molecule has 2 atom stereocenters. The van der Waals surface area contributed by atoms with Gasteiger partial charge < -0.3 is 20.2 Å². The van der Waals surface area contributed by atoms with Gasteiger partial charge in [0, 0.05) is 13.0 Å². The first-order chi connectivity index (χ1) is 10.5. The van der Waals surface area contributed by atoms with Crippen LogP contribution in [0.5, 0.6) is 5.75 Å². The van der Waals surface area contributed by atoms with Crippen molar-refractivity contribution in [1.29, 1.82) is 0 Å². The number of ether oxygens (including phenoxy) is 1. The second-order valence-electron chi connectivity index (χ2n) is 5.76. The van der Waals surface area contributed by atoms with E-state index in [0.29, 0.717) is 11.6 Å². The molecular formula is C15H21N3O4. The first kappa shape index (κ1) is 16.2. The molecule has 0 radical (unpaired) electrons. The second-order valence-corrected chi connectivity index (χ2v) is 5.76. The van der Waals surface area contributed by atoms with Gasteiger partial charge in [0.05, 0.1) is 0 Å². The fraction of sp³-hybridized carbons (Fsp3) is 0.600. The molecule has 0 saturated heterocycles. The van der Waals surface area contributed by atoms with Gasteiger partial charge in [0.2, 0.25) is 5.75 Å². The molecule has 1 aromatic heterocycles. The molecule has 120 valence electrons. The number of carbonyl (C=O) groups excluding carboxylic acids is 1. The molecule has 22 heavy (non-hydrogen) atoms. The minimum Gasteiger partial charge on any atom is -0.476 e. The van der Waals surface area contributed by atoms with Gasteiger partial charge in [0.25, 0.3) is 5.91 Å². The van der Waals surface area contributed by atoms with E-state index in [2.05, 4.69) is 17.2 Å². The summed E-state index contributed by atoms with van der Waals surface area (Å²) in [6.07, 6.45) is 4.40. The zero-order valence-corrected chi connectivity index (χ0v) is 12.9. The van der Waals surface area contributed by atoms with E-state index in [1.54, 1.807) is 13.0 Å². The van der Waals surface area contributed by atoms with Gasteiger partial charge in [-0.25, -0.2) is 0 Å². The van der Waals surface area contributed by atoms with Crippen molar-refractivity contribution in [1.82, 2.24) is 10.3 Å². The molecule has 0 bridgehead atoms. The Bertz CT molecular complexity index is 562. The van der Waals surface area contributed by atoms with E-state index in [1.165, 1.54) is 12.5 Å². The van der Waals surface area contributed by atoms with E-state index in [-0.39, 0.29) is 30.1 Å². The van der Waals surface area contributed by atoms with Crippen molar-refractivity contribution in [3.8, 4) is 5.75 Å². The summed E-state index contributed by atoms with van der Waals surface area (Å²) in [5, 5.41) is 13.9. The van der Waals surface area contributed by atoms with Crippen molar-refractivity contribution in [2.75, 3.05) is 6.61 Å². The zero-order chi connectivity index (χ0) is 16.1. The summed E-state index contributed by atoms with van der Waals surface area (Å²) in [7, 11) is 0. The molecule has 1 saturated carbocycles. The Kier molecular flexibility index (Phi) is 5.30. The third-order valence-corrected chi connectivity index (χ3v) is 3.97. The number of nitro groups is 1. The van der Waals surface area contributed by atoms with Gasteiger partial charge in [-0.1, -0.05) is 19.8 Å². The van der Waals surface area contributed by atoms with Gasteiger partial charge in [-0.05, 0) is 40.8 Å². The van der Waals surface area contributed by atoms with Crippen molar-refractivity contribution in [3.05, 3.63) is 27.9 Å². The van der Waals surface area contributed by atoms with Crippen molar-refractivity contribution >= 4 is 11.7 Å². The molecule has 1 aliphatic carbocycles.